The number of nitrogens with zero attached hydrogens (tertiary/aromatic N) is 2. The Morgan fingerprint density at radius 1 is 1.07 bits per heavy atom. The summed E-state index contributed by atoms with van der Waals surface area (Å²) in [5.74, 6) is 0.723. The Morgan fingerprint density at radius 3 is 2.54 bits per heavy atom. The molecule has 0 aliphatic heterocycles. The van der Waals surface area contributed by atoms with Gasteiger partial charge in [0.05, 0.1) is 11.0 Å². The third-order valence-corrected chi connectivity index (χ3v) is 4.63. The number of nitrogens with one attached hydrogen (secondary N) is 2. The lowest BCUT2D eigenvalue weighted by Gasteiger charge is -2.11. The first-order valence-corrected chi connectivity index (χ1v) is 9.64. The minimum Gasteiger partial charge on any atom is -0.356 e. The molecule has 2 amide bonds. The van der Waals surface area contributed by atoms with E-state index in [2.05, 4.69) is 22.5 Å². The molecular weight excluding hydrogens is 352 g/mol. The zero-order chi connectivity index (χ0) is 19.9. The normalized spacial score (nSPS) is 10.8. The number of amides is 2. The van der Waals surface area contributed by atoms with E-state index in [9.17, 15) is 9.59 Å². The van der Waals surface area contributed by atoms with Gasteiger partial charge in [-0.25, -0.2) is 4.98 Å². The van der Waals surface area contributed by atoms with Gasteiger partial charge in [-0.05, 0) is 42.7 Å². The second-order valence-corrected chi connectivity index (χ2v) is 6.79. The van der Waals surface area contributed by atoms with E-state index in [1.165, 1.54) is 12.5 Å². The highest BCUT2D eigenvalue weighted by Gasteiger charge is 2.13. The molecule has 0 aliphatic carbocycles. The molecule has 0 atom stereocenters. The Balaban J connectivity index is 1.73. The van der Waals surface area contributed by atoms with Crippen LogP contribution in [0.25, 0.3) is 11.0 Å². The fraction of sp³-hybridized carbons (Fsp3) is 0.318. The van der Waals surface area contributed by atoms with Crippen LogP contribution in [0, 0.1) is 0 Å². The topological polar surface area (TPSA) is 76.0 Å². The lowest BCUT2D eigenvalue weighted by molar-refractivity contribution is -0.119. The second kappa shape index (κ2) is 9.17. The summed E-state index contributed by atoms with van der Waals surface area (Å²) in [5.41, 5.74) is 3.84. The Bertz CT molecular complexity index is 960. The Labute approximate surface area is 165 Å². The van der Waals surface area contributed by atoms with Gasteiger partial charge in [0.15, 0.2) is 0 Å². The smallest absolute Gasteiger partial charge is 0.244 e. The van der Waals surface area contributed by atoms with Crippen LogP contribution in [0.5, 0.6) is 0 Å². The molecule has 2 aromatic carbocycles. The van der Waals surface area contributed by atoms with Crippen molar-refractivity contribution >= 4 is 28.5 Å². The molecule has 6 nitrogen and oxygen atoms in total. The van der Waals surface area contributed by atoms with Gasteiger partial charge in [0.25, 0.3) is 0 Å². The van der Waals surface area contributed by atoms with Crippen molar-refractivity contribution in [3.05, 3.63) is 59.9 Å². The van der Waals surface area contributed by atoms with Gasteiger partial charge in [0.1, 0.15) is 12.4 Å². The van der Waals surface area contributed by atoms with Gasteiger partial charge in [0, 0.05) is 25.6 Å². The molecule has 0 bridgehead atoms. The van der Waals surface area contributed by atoms with Gasteiger partial charge < -0.3 is 15.2 Å². The van der Waals surface area contributed by atoms with E-state index >= 15 is 0 Å². The zero-order valence-corrected chi connectivity index (χ0v) is 16.4. The fourth-order valence-electron chi connectivity index (χ4n) is 3.17. The minimum atomic E-state index is -0.0875. The Kier molecular flexibility index (Phi) is 6.42. The molecule has 6 heteroatoms. The van der Waals surface area contributed by atoms with Gasteiger partial charge in [0.2, 0.25) is 11.8 Å². The number of fused-ring (bicyclic) bond motifs is 1. The third kappa shape index (κ3) is 4.97. The summed E-state index contributed by atoms with van der Waals surface area (Å²) in [6, 6.07) is 15.7. The first kappa shape index (κ1) is 19.6. The van der Waals surface area contributed by atoms with Crippen molar-refractivity contribution in [2.24, 2.45) is 0 Å². The number of para-hydroxylation sites is 2. The number of aromatic nitrogens is 2. The van der Waals surface area contributed by atoms with E-state index < -0.39 is 0 Å². The lowest BCUT2D eigenvalue weighted by atomic mass is 10.1. The first-order valence-electron chi connectivity index (χ1n) is 9.64. The van der Waals surface area contributed by atoms with Crippen molar-refractivity contribution in [3.8, 4) is 0 Å². The van der Waals surface area contributed by atoms with E-state index in [1.54, 1.807) is 0 Å². The molecule has 3 rings (SSSR count). The SMILES string of the molecule is CCc1ccc(NC(=O)Cn2c(CCCNC(C)=O)nc3ccccc32)cc1. The van der Waals surface area contributed by atoms with Gasteiger partial charge >= 0.3 is 0 Å². The van der Waals surface area contributed by atoms with Crippen molar-refractivity contribution in [2.75, 3.05) is 11.9 Å². The molecule has 0 saturated heterocycles. The van der Waals surface area contributed by atoms with Crippen molar-refractivity contribution in [1.29, 1.82) is 0 Å². The number of hydrogen-bond acceptors (Lipinski definition) is 3. The second-order valence-electron chi connectivity index (χ2n) is 6.79. The lowest BCUT2D eigenvalue weighted by Crippen LogP contribution is -2.23. The van der Waals surface area contributed by atoms with Crippen molar-refractivity contribution in [2.45, 2.75) is 39.7 Å². The molecule has 0 aliphatic rings. The number of rotatable bonds is 8. The summed E-state index contributed by atoms with van der Waals surface area (Å²) in [6.07, 6.45) is 2.42. The van der Waals surface area contributed by atoms with E-state index in [4.69, 9.17) is 0 Å². The molecule has 1 aromatic heterocycles. The predicted molar refractivity (Wildman–Crippen MR) is 111 cm³/mol. The molecule has 0 radical (unpaired) electrons. The average Bonchev–Trinajstić information content (AvgIpc) is 3.03. The molecule has 0 unspecified atom stereocenters. The van der Waals surface area contributed by atoms with Crippen LogP contribution in [0.3, 0.4) is 0 Å². The van der Waals surface area contributed by atoms with E-state index in [0.717, 1.165) is 35.4 Å². The molecule has 0 saturated carbocycles. The zero-order valence-electron chi connectivity index (χ0n) is 16.4. The summed E-state index contributed by atoms with van der Waals surface area (Å²) in [7, 11) is 0. The number of anilines is 1. The highest BCUT2D eigenvalue weighted by molar-refractivity contribution is 5.91. The summed E-state index contributed by atoms with van der Waals surface area (Å²) in [4.78, 5) is 28.4. The van der Waals surface area contributed by atoms with Gasteiger partial charge in [-0.3, -0.25) is 9.59 Å². The summed E-state index contributed by atoms with van der Waals surface area (Å²) < 4.78 is 1.96. The molecule has 1 heterocycles. The number of imidazole rings is 1. The maximum atomic E-state index is 12.6. The quantitative estimate of drug-likeness (QED) is 0.591. The van der Waals surface area contributed by atoms with Gasteiger partial charge in [-0.15, -0.1) is 0 Å². The first-order chi connectivity index (χ1) is 13.6. The average molecular weight is 378 g/mol. The van der Waals surface area contributed by atoms with Crippen LogP contribution in [-0.2, 0) is 29.0 Å². The standard InChI is InChI=1S/C22H26N4O2/c1-3-17-10-12-18(13-11-17)24-22(28)15-26-20-8-5-4-7-19(20)25-21(26)9-6-14-23-16(2)27/h4-5,7-8,10-13H,3,6,9,14-15H2,1-2H3,(H,23,27)(H,24,28). The summed E-state index contributed by atoms with van der Waals surface area (Å²) in [5, 5.41) is 5.76. The number of carbonyl (C=O) groups excluding carboxylic acids is 2. The van der Waals surface area contributed by atoms with Gasteiger partial charge in [-0.2, -0.15) is 0 Å². The van der Waals surface area contributed by atoms with Crippen molar-refractivity contribution < 1.29 is 9.59 Å². The van der Waals surface area contributed by atoms with Crippen LogP contribution in [-0.4, -0.2) is 27.9 Å². The number of hydrogen-bond donors (Lipinski definition) is 2. The van der Waals surface area contributed by atoms with Crippen LogP contribution >= 0.6 is 0 Å². The van der Waals surface area contributed by atoms with Crippen LogP contribution in [0.1, 0.15) is 31.7 Å². The predicted octanol–water partition coefficient (Wildman–Crippen LogP) is 3.31. The van der Waals surface area contributed by atoms with Crippen molar-refractivity contribution in [3.63, 3.8) is 0 Å². The monoisotopic (exact) mass is 378 g/mol. The maximum Gasteiger partial charge on any atom is 0.244 e. The maximum absolute atomic E-state index is 12.6. The number of carbonyl (C=O) groups is 2. The molecule has 28 heavy (non-hydrogen) atoms. The fourth-order valence-corrected chi connectivity index (χ4v) is 3.17. The Hall–Kier alpha value is -3.15. The molecule has 2 N–H and O–H groups in total. The van der Waals surface area contributed by atoms with Crippen molar-refractivity contribution in [1.82, 2.24) is 14.9 Å². The molecular formula is C22H26N4O2. The number of aryl methyl sites for hydroxylation is 2. The number of benzene rings is 2. The largest absolute Gasteiger partial charge is 0.356 e. The van der Waals surface area contributed by atoms with Crippen LogP contribution in [0.15, 0.2) is 48.5 Å². The highest BCUT2D eigenvalue weighted by atomic mass is 16.2. The summed E-state index contributed by atoms with van der Waals surface area (Å²) >= 11 is 0. The van der Waals surface area contributed by atoms with Crippen LogP contribution in [0.4, 0.5) is 5.69 Å². The van der Waals surface area contributed by atoms with Crippen LogP contribution in [0.2, 0.25) is 0 Å². The van der Waals surface area contributed by atoms with E-state index in [0.29, 0.717) is 13.0 Å². The third-order valence-electron chi connectivity index (χ3n) is 4.63. The minimum absolute atomic E-state index is 0.0398. The van der Waals surface area contributed by atoms with Crippen LogP contribution < -0.4 is 10.6 Å². The Morgan fingerprint density at radius 2 is 1.82 bits per heavy atom. The van der Waals surface area contributed by atoms with Gasteiger partial charge in [-0.1, -0.05) is 31.2 Å². The highest BCUT2D eigenvalue weighted by Crippen LogP contribution is 2.18. The van der Waals surface area contributed by atoms with E-state index in [-0.39, 0.29) is 18.4 Å². The summed E-state index contributed by atoms with van der Waals surface area (Å²) in [6.45, 7) is 4.40. The van der Waals surface area contributed by atoms with E-state index in [1.807, 2.05) is 53.1 Å². The molecule has 146 valence electrons. The molecule has 3 aromatic rings. The molecule has 0 spiro atoms. The molecule has 0 fully saturated rings.